The first kappa shape index (κ1) is 27.7. The number of carbonyl (C=O) groups excluding carboxylic acids is 1. The molecule has 1 saturated heterocycles. The van der Waals surface area contributed by atoms with Crippen LogP contribution < -0.4 is 15.2 Å². The number of rotatable bonds is 6. The summed E-state index contributed by atoms with van der Waals surface area (Å²) in [4.78, 5) is 29.4. The number of thioether (sulfide) groups is 1. The van der Waals surface area contributed by atoms with Crippen LogP contribution in [0.5, 0.6) is 5.75 Å². The van der Waals surface area contributed by atoms with E-state index in [2.05, 4.69) is 0 Å². The third-order valence-electron chi connectivity index (χ3n) is 7.55. The van der Waals surface area contributed by atoms with Gasteiger partial charge in [0.05, 0.1) is 29.1 Å². The largest absolute Gasteiger partial charge is 0.493 e. The fourth-order valence-electron chi connectivity index (χ4n) is 5.32. The van der Waals surface area contributed by atoms with E-state index in [0.29, 0.717) is 44.6 Å². The average Bonchev–Trinajstić information content (AvgIpc) is 3.78. The lowest BCUT2D eigenvalue weighted by Crippen LogP contribution is -2.33. The zero-order chi connectivity index (χ0) is 30.5. The first-order chi connectivity index (χ1) is 21.4. The highest BCUT2D eigenvalue weighted by molar-refractivity contribution is 8.27. The quantitative estimate of drug-likeness (QED) is 0.155. The maximum atomic E-state index is 14.0. The number of para-hydroxylation sites is 3. The summed E-state index contributed by atoms with van der Waals surface area (Å²) in [5.41, 5.74) is 3.84. The molecule has 0 N–H and O–H groups in total. The Labute approximate surface area is 261 Å². The van der Waals surface area contributed by atoms with Crippen LogP contribution in [0.25, 0.3) is 39.9 Å². The van der Waals surface area contributed by atoms with Crippen LogP contribution in [-0.4, -0.2) is 36.5 Å². The molecule has 1 amide bonds. The van der Waals surface area contributed by atoms with Gasteiger partial charge in [-0.25, -0.2) is 9.36 Å². The highest BCUT2D eigenvalue weighted by Gasteiger charge is 2.38. The van der Waals surface area contributed by atoms with Crippen molar-refractivity contribution in [2.75, 3.05) is 12.0 Å². The summed E-state index contributed by atoms with van der Waals surface area (Å²) < 4.78 is 17.0. The number of aromatic nitrogens is 4. The number of anilines is 1. The van der Waals surface area contributed by atoms with Gasteiger partial charge in [-0.2, -0.15) is 5.10 Å². The lowest BCUT2D eigenvalue weighted by atomic mass is 10.1. The van der Waals surface area contributed by atoms with Gasteiger partial charge in [-0.15, -0.1) is 0 Å². The summed E-state index contributed by atoms with van der Waals surface area (Å²) in [5, 5.41) is 5.72. The Morgan fingerprint density at radius 1 is 0.955 bits per heavy atom. The molecule has 7 rings (SSSR count). The van der Waals surface area contributed by atoms with Crippen molar-refractivity contribution < 1.29 is 13.9 Å². The zero-order valence-electron chi connectivity index (χ0n) is 23.9. The van der Waals surface area contributed by atoms with Gasteiger partial charge in [-0.1, -0.05) is 72.5 Å². The van der Waals surface area contributed by atoms with Crippen molar-refractivity contribution in [2.45, 2.75) is 6.92 Å². The van der Waals surface area contributed by atoms with Gasteiger partial charge in [0.25, 0.3) is 11.5 Å². The topological polar surface area (TPSA) is 87.4 Å². The maximum Gasteiger partial charge on any atom is 0.296 e. The lowest BCUT2D eigenvalue weighted by molar-refractivity contribution is -0.113. The van der Waals surface area contributed by atoms with Crippen molar-refractivity contribution in [1.29, 1.82) is 0 Å². The van der Waals surface area contributed by atoms with Crippen LogP contribution >= 0.6 is 24.0 Å². The van der Waals surface area contributed by atoms with E-state index in [1.54, 1.807) is 36.5 Å². The predicted molar refractivity (Wildman–Crippen MR) is 177 cm³/mol. The van der Waals surface area contributed by atoms with E-state index < -0.39 is 0 Å². The van der Waals surface area contributed by atoms with Crippen LogP contribution in [0.3, 0.4) is 0 Å². The molecule has 4 heterocycles. The Bertz CT molecular complexity index is 2170. The van der Waals surface area contributed by atoms with Crippen molar-refractivity contribution in [3.63, 3.8) is 0 Å². The standard InChI is InChI=1S/C33H25N5O4S2/c1-20-29(32(40)38(35(20)2)24-14-8-5-9-15-24)37-31(39)27(44-33(37)43)18-22-19-36(23-12-6-4-7-13-23)34-28(22)26-17-21-11-10-16-25(41-3)30(21)42-26/h4-19H,1-3H3. The summed E-state index contributed by atoms with van der Waals surface area (Å²) in [6.45, 7) is 1.80. The van der Waals surface area contributed by atoms with Gasteiger partial charge in [0.2, 0.25) is 0 Å². The minimum atomic E-state index is -0.379. The smallest absolute Gasteiger partial charge is 0.296 e. The van der Waals surface area contributed by atoms with Crippen LogP contribution in [0, 0.1) is 6.92 Å². The number of amides is 1. The van der Waals surface area contributed by atoms with E-state index in [0.717, 1.165) is 22.8 Å². The lowest BCUT2D eigenvalue weighted by Gasteiger charge is -2.12. The molecule has 0 saturated carbocycles. The molecule has 1 fully saturated rings. The molecule has 0 radical (unpaired) electrons. The number of hydrogen-bond acceptors (Lipinski definition) is 7. The number of nitrogens with zero attached hydrogens (tertiary/aromatic N) is 5. The van der Waals surface area contributed by atoms with Gasteiger partial charge in [0.15, 0.2) is 21.4 Å². The Hall–Kier alpha value is -5.13. The van der Waals surface area contributed by atoms with E-state index in [9.17, 15) is 9.59 Å². The molecule has 0 aliphatic carbocycles. The van der Waals surface area contributed by atoms with E-state index >= 15 is 0 Å². The summed E-state index contributed by atoms with van der Waals surface area (Å²) in [6, 6.07) is 26.5. The molecule has 11 heteroatoms. The van der Waals surface area contributed by atoms with Gasteiger partial charge in [0, 0.05) is 24.2 Å². The Morgan fingerprint density at radius 3 is 2.36 bits per heavy atom. The molecule has 3 aromatic carbocycles. The normalized spacial score (nSPS) is 14.3. The first-order valence-corrected chi connectivity index (χ1v) is 14.9. The second kappa shape index (κ2) is 10.9. The van der Waals surface area contributed by atoms with Gasteiger partial charge < -0.3 is 9.15 Å². The number of benzene rings is 3. The van der Waals surface area contributed by atoms with Gasteiger partial charge in [0.1, 0.15) is 11.4 Å². The third-order valence-corrected chi connectivity index (χ3v) is 8.85. The van der Waals surface area contributed by atoms with Crippen molar-refractivity contribution in [3.05, 3.63) is 118 Å². The molecule has 44 heavy (non-hydrogen) atoms. The van der Waals surface area contributed by atoms with Crippen LogP contribution in [0.1, 0.15) is 11.3 Å². The number of thiocarbonyl (C=S) groups is 1. The first-order valence-electron chi connectivity index (χ1n) is 13.7. The minimum Gasteiger partial charge on any atom is -0.493 e. The Balaban J connectivity index is 1.33. The van der Waals surface area contributed by atoms with Gasteiger partial charge in [-0.05, 0) is 49.4 Å². The predicted octanol–water partition coefficient (Wildman–Crippen LogP) is 6.50. The second-order valence-electron chi connectivity index (χ2n) is 10.1. The highest BCUT2D eigenvalue weighted by atomic mass is 32.2. The third kappa shape index (κ3) is 4.48. The Kier molecular flexibility index (Phi) is 6.83. The summed E-state index contributed by atoms with van der Waals surface area (Å²) in [5.74, 6) is 0.749. The molecule has 3 aromatic heterocycles. The number of fused-ring (bicyclic) bond motifs is 1. The molecule has 0 spiro atoms. The second-order valence-corrected chi connectivity index (χ2v) is 11.8. The number of carbonyl (C=O) groups is 1. The van der Waals surface area contributed by atoms with E-state index in [1.807, 2.05) is 91.1 Å². The molecule has 0 unspecified atom stereocenters. The van der Waals surface area contributed by atoms with E-state index in [-0.39, 0.29) is 21.5 Å². The molecule has 6 aromatic rings. The van der Waals surface area contributed by atoms with Crippen LogP contribution in [-0.2, 0) is 11.8 Å². The molecule has 0 bridgehead atoms. The minimum absolute atomic E-state index is 0.229. The summed E-state index contributed by atoms with van der Waals surface area (Å²) >= 11 is 6.82. The number of furan rings is 1. The molecular weight excluding hydrogens is 595 g/mol. The Morgan fingerprint density at radius 2 is 1.66 bits per heavy atom. The fourth-order valence-corrected chi connectivity index (χ4v) is 6.59. The summed E-state index contributed by atoms with van der Waals surface area (Å²) in [6.07, 6.45) is 3.59. The van der Waals surface area contributed by atoms with Crippen LogP contribution in [0.2, 0.25) is 0 Å². The molecule has 1 aliphatic rings. The number of methoxy groups -OCH3 is 1. The molecule has 1 aliphatic heterocycles. The van der Waals surface area contributed by atoms with Crippen molar-refractivity contribution in [2.24, 2.45) is 7.05 Å². The highest BCUT2D eigenvalue weighted by Crippen LogP contribution is 2.39. The zero-order valence-corrected chi connectivity index (χ0v) is 25.6. The van der Waals surface area contributed by atoms with Gasteiger partial charge in [-0.3, -0.25) is 19.2 Å². The summed E-state index contributed by atoms with van der Waals surface area (Å²) in [7, 11) is 3.38. The average molecular weight is 620 g/mol. The van der Waals surface area contributed by atoms with Crippen molar-refractivity contribution in [3.8, 4) is 28.6 Å². The van der Waals surface area contributed by atoms with Crippen LogP contribution in [0.15, 0.2) is 105 Å². The van der Waals surface area contributed by atoms with Crippen molar-refractivity contribution in [1.82, 2.24) is 19.1 Å². The molecule has 9 nitrogen and oxygen atoms in total. The van der Waals surface area contributed by atoms with E-state index in [1.165, 1.54) is 9.58 Å². The number of ether oxygens (including phenoxy) is 1. The molecule has 218 valence electrons. The van der Waals surface area contributed by atoms with Crippen LogP contribution in [0.4, 0.5) is 5.69 Å². The maximum absolute atomic E-state index is 14.0. The SMILES string of the molecule is COc1cccc2cc(-c3nn(-c4ccccc4)cc3C=C3SC(=S)N(c4c(C)n(C)n(-c5ccccc5)c4=O)C3=O)oc12. The molecule has 0 atom stereocenters. The fraction of sp³-hybridized carbons (Fsp3) is 0.0909. The van der Waals surface area contributed by atoms with E-state index in [4.69, 9.17) is 26.5 Å². The monoisotopic (exact) mass is 619 g/mol. The van der Waals surface area contributed by atoms with Gasteiger partial charge >= 0.3 is 0 Å². The number of hydrogen-bond donors (Lipinski definition) is 0. The molecular formula is C33H25N5O4S2. The van der Waals surface area contributed by atoms with Crippen molar-refractivity contribution >= 4 is 56.9 Å².